The van der Waals surface area contributed by atoms with E-state index in [2.05, 4.69) is 11.1 Å². The van der Waals surface area contributed by atoms with Crippen LogP contribution in [-0.2, 0) is 6.42 Å². The first kappa shape index (κ1) is 13.6. The first-order valence-electron chi connectivity index (χ1n) is 6.07. The molecule has 0 aliphatic carbocycles. The van der Waals surface area contributed by atoms with E-state index in [9.17, 15) is 10.4 Å². The Labute approximate surface area is 116 Å². The van der Waals surface area contributed by atoms with E-state index in [-0.39, 0.29) is 10.7 Å². The van der Waals surface area contributed by atoms with Gasteiger partial charge in [-0.1, -0.05) is 18.5 Å². The molecule has 2 rings (SSSR count). The summed E-state index contributed by atoms with van der Waals surface area (Å²) < 4.78 is 0. The maximum Gasteiger partial charge on any atom is 0.149 e. The van der Waals surface area contributed by atoms with Gasteiger partial charge in [-0.25, -0.2) is 4.98 Å². The molecule has 0 amide bonds. The molecule has 1 unspecified atom stereocenters. The van der Waals surface area contributed by atoms with E-state index in [1.54, 1.807) is 0 Å². The van der Waals surface area contributed by atoms with Crippen LogP contribution in [0.15, 0.2) is 0 Å². The lowest BCUT2D eigenvalue weighted by molar-refractivity contribution is 0.198. The molecule has 98 valence electrons. The van der Waals surface area contributed by atoms with Crippen molar-refractivity contribution in [2.24, 2.45) is 0 Å². The number of nitrogens with zero attached hydrogens (tertiary/aromatic N) is 4. The Morgan fingerprint density at radius 3 is 2.58 bits per heavy atom. The fourth-order valence-electron chi connectivity index (χ4n) is 2.34. The van der Waals surface area contributed by atoms with Crippen molar-refractivity contribution in [3.8, 4) is 12.1 Å². The third-order valence-corrected chi connectivity index (χ3v) is 3.55. The zero-order valence-corrected chi connectivity index (χ0v) is 11.3. The van der Waals surface area contributed by atoms with Crippen LogP contribution in [0, 0.1) is 22.7 Å². The van der Waals surface area contributed by atoms with Crippen LogP contribution in [0.2, 0.25) is 5.15 Å². The van der Waals surface area contributed by atoms with Gasteiger partial charge in [0, 0.05) is 13.1 Å². The van der Waals surface area contributed by atoms with Gasteiger partial charge in [0.2, 0.25) is 0 Å². The number of hydrogen-bond acceptors (Lipinski definition) is 5. The third kappa shape index (κ3) is 2.35. The fraction of sp³-hybridized carbons (Fsp3) is 0.462. The molecule has 1 fully saturated rings. The molecule has 0 aromatic carbocycles. The molecule has 2 heterocycles. The van der Waals surface area contributed by atoms with Gasteiger partial charge < -0.3 is 10.0 Å². The molecular formula is C13H13ClN4O. The molecule has 1 aliphatic heterocycles. The zero-order chi connectivity index (χ0) is 14.0. The van der Waals surface area contributed by atoms with Crippen molar-refractivity contribution in [1.29, 1.82) is 10.5 Å². The summed E-state index contributed by atoms with van der Waals surface area (Å²) in [5.74, 6) is 0.472. The second-order valence-corrected chi connectivity index (χ2v) is 4.78. The molecule has 0 radical (unpaired) electrons. The Hall–Kier alpha value is -1.82. The summed E-state index contributed by atoms with van der Waals surface area (Å²) in [6.45, 7) is 2.94. The van der Waals surface area contributed by atoms with Gasteiger partial charge in [0.25, 0.3) is 0 Å². The van der Waals surface area contributed by atoms with Gasteiger partial charge in [-0.05, 0) is 18.4 Å². The maximum absolute atomic E-state index is 9.58. The largest absolute Gasteiger partial charge is 0.391 e. The predicted octanol–water partition coefficient (Wildman–Crippen LogP) is 1.61. The molecule has 1 saturated heterocycles. The number of aliphatic hydroxyl groups excluding tert-OH is 1. The van der Waals surface area contributed by atoms with Crippen LogP contribution in [0.4, 0.5) is 5.82 Å². The van der Waals surface area contributed by atoms with Gasteiger partial charge in [0.15, 0.2) is 0 Å². The minimum absolute atomic E-state index is 0.120. The standard InChI is InChI=1S/C13H13ClN4O/c1-2-9-10(5-15)12(14)17-13(11(9)6-16)18-4-3-8(19)7-18/h8,19H,2-4,7H2,1H3. The molecule has 0 spiro atoms. The first-order chi connectivity index (χ1) is 9.12. The molecule has 1 aromatic rings. The van der Waals surface area contributed by atoms with Crippen LogP contribution in [-0.4, -0.2) is 29.3 Å². The Morgan fingerprint density at radius 1 is 1.42 bits per heavy atom. The lowest BCUT2D eigenvalue weighted by Gasteiger charge is -2.20. The van der Waals surface area contributed by atoms with Crippen molar-refractivity contribution in [2.45, 2.75) is 25.9 Å². The molecule has 19 heavy (non-hydrogen) atoms. The van der Waals surface area contributed by atoms with Gasteiger partial charge in [-0.2, -0.15) is 10.5 Å². The van der Waals surface area contributed by atoms with Crippen LogP contribution >= 0.6 is 11.6 Å². The monoisotopic (exact) mass is 276 g/mol. The maximum atomic E-state index is 9.58. The van der Waals surface area contributed by atoms with Crippen LogP contribution in [0.25, 0.3) is 0 Å². The molecule has 1 N–H and O–H groups in total. The van der Waals surface area contributed by atoms with E-state index >= 15 is 0 Å². The number of β-amino-alcohol motifs (C(OH)–C–C–N with tert-alkyl or cyclic N) is 1. The van der Waals surface area contributed by atoms with Crippen LogP contribution in [0.3, 0.4) is 0 Å². The molecular weight excluding hydrogens is 264 g/mol. The smallest absolute Gasteiger partial charge is 0.149 e. The number of halogens is 1. The highest BCUT2D eigenvalue weighted by atomic mass is 35.5. The fourth-order valence-corrected chi connectivity index (χ4v) is 2.57. The number of hydrogen-bond donors (Lipinski definition) is 1. The summed E-state index contributed by atoms with van der Waals surface area (Å²) in [5.41, 5.74) is 1.28. The van der Waals surface area contributed by atoms with E-state index < -0.39 is 6.10 Å². The Morgan fingerprint density at radius 2 is 2.11 bits per heavy atom. The summed E-state index contributed by atoms with van der Waals surface area (Å²) in [4.78, 5) is 6.02. The average Bonchev–Trinajstić information content (AvgIpc) is 2.83. The molecule has 1 atom stereocenters. The summed E-state index contributed by atoms with van der Waals surface area (Å²) in [6, 6.07) is 4.12. The van der Waals surface area contributed by atoms with E-state index in [0.717, 1.165) is 0 Å². The van der Waals surface area contributed by atoms with Crippen molar-refractivity contribution in [3.05, 3.63) is 21.8 Å². The second kappa shape index (κ2) is 5.44. The highest BCUT2D eigenvalue weighted by Gasteiger charge is 2.27. The summed E-state index contributed by atoms with van der Waals surface area (Å²) in [6.07, 6.45) is 0.774. The van der Waals surface area contributed by atoms with Gasteiger partial charge in [0.1, 0.15) is 23.1 Å². The normalized spacial score (nSPS) is 18.2. The highest BCUT2D eigenvalue weighted by molar-refractivity contribution is 6.30. The van der Waals surface area contributed by atoms with Gasteiger partial charge >= 0.3 is 0 Å². The summed E-state index contributed by atoms with van der Waals surface area (Å²) in [5, 5.41) is 28.2. The van der Waals surface area contributed by atoms with Crippen molar-refractivity contribution < 1.29 is 5.11 Å². The van der Waals surface area contributed by atoms with Crippen molar-refractivity contribution in [3.63, 3.8) is 0 Å². The van der Waals surface area contributed by atoms with Crippen LogP contribution in [0.1, 0.15) is 30.0 Å². The number of pyridine rings is 1. The van der Waals surface area contributed by atoms with Crippen LogP contribution < -0.4 is 4.90 Å². The Kier molecular flexibility index (Phi) is 3.90. The van der Waals surface area contributed by atoms with Crippen LogP contribution in [0.5, 0.6) is 0 Å². The highest BCUT2D eigenvalue weighted by Crippen LogP contribution is 2.30. The minimum atomic E-state index is -0.409. The van der Waals surface area contributed by atoms with Crippen molar-refractivity contribution in [2.75, 3.05) is 18.0 Å². The second-order valence-electron chi connectivity index (χ2n) is 4.42. The van der Waals surface area contributed by atoms with Gasteiger partial charge in [-0.3, -0.25) is 0 Å². The van der Waals surface area contributed by atoms with Gasteiger partial charge in [0.05, 0.1) is 17.2 Å². The van der Waals surface area contributed by atoms with E-state index in [4.69, 9.17) is 16.9 Å². The topological polar surface area (TPSA) is 83.9 Å². The summed E-state index contributed by atoms with van der Waals surface area (Å²) in [7, 11) is 0. The molecule has 1 aliphatic rings. The lowest BCUT2D eigenvalue weighted by Crippen LogP contribution is -2.24. The molecule has 6 heteroatoms. The molecule has 1 aromatic heterocycles. The summed E-state index contributed by atoms with van der Waals surface area (Å²) >= 11 is 6.03. The van der Waals surface area contributed by atoms with Crippen molar-refractivity contribution >= 4 is 17.4 Å². The molecule has 0 saturated carbocycles. The minimum Gasteiger partial charge on any atom is -0.391 e. The lowest BCUT2D eigenvalue weighted by atomic mass is 10.0. The number of aromatic nitrogens is 1. The molecule has 5 nitrogen and oxygen atoms in total. The third-order valence-electron chi connectivity index (χ3n) is 3.28. The number of anilines is 1. The van der Waals surface area contributed by atoms with E-state index in [1.165, 1.54) is 0 Å². The average molecular weight is 277 g/mol. The van der Waals surface area contributed by atoms with Crippen molar-refractivity contribution in [1.82, 2.24) is 4.98 Å². The zero-order valence-electron chi connectivity index (χ0n) is 10.5. The number of nitriles is 2. The first-order valence-corrected chi connectivity index (χ1v) is 6.45. The Bertz CT molecular complexity index is 588. The number of aliphatic hydroxyl groups is 1. The van der Waals surface area contributed by atoms with E-state index in [1.807, 2.05) is 17.9 Å². The number of rotatable bonds is 2. The van der Waals surface area contributed by atoms with Gasteiger partial charge in [-0.15, -0.1) is 0 Å². The SMILES string of the molecule is CCc1c(C#N)c(Cl)nc(N2CCC(O)C2)c1C#N. The quantitative estimate of drug-likeness (QED) is 0.830. The molecule has 0 bridgehead atoms. The predicted molar refractivity (Wildman–Crippen MR) is 70.9 cm³/mol. The Balaban J connectivity index is 2.60. The van der Waals surface area contributed by atoms with E-state index in [0.29, 0.717) is 42.9 Å².